The third-order valence-corrected chi connectivity index (χ3v) is 3.91. The maximum absolute atomic E-state index is 11.5. The third kappa shape index (κ3) is 2.01. The number of hydrogen-bond donors (Lipinski definition) is 2. The van der Waals surface area contributed by atoms with Crippen LogP contribution < -0.4 is 5.32 Å². The van der Waals surface area contributed by atoms with Crippen molar-refractivity contribution in [1.82, 2.24) is 5.32 Å². The van der Waals surface area contributed by atoms with Crippen molar-refractivity contribution in [2.75, 3.05) is 6.61 Å². The topological polar surface area (TPSA) is 75.6 Å². The minimum absolute atomic E-state index is 0.0521. The second kappa shape index (κ2) is 4.05. The molecule has 0 saturated heterocycles. The molecule has 2 saturated carbocycles. The van der Waals surface area contributed by atoms with Gasteiger partial charge in [-0.1, -0.05) is 12.7 Å². The van der Waals surface area contributed by atoms with Gasteiger partial charge in [0.1, 0.15) is 6.61 Å². The van der Waals surface area contributed by atoms with Crippen molar-refractivity contribution < 1.29 is 19.4 Å². The molecule has 2 fully saturated rings. The van der Waals surface area contributed by atoms with Crippen LogP contribution in [0.5, 0.6) is 0 Å². The van der Waals surface area contributed by atoms with E-state index in [1.807, 2.05) is 6.92 Å². The van der Waals surface area contributed by atoms with E-state index in [0.29, 0.717) is 0 Å². The zero-order valence-electron chi connectivity index (χ0n) is 9.81. The van der Waals surface area contributed by atoms with Crippen molar-refractivity contribution in [2.24, 2.45) is 17.8 Å². The molecule has 17 heavy (non-hydrogen) atoms. The summed E-state index contributed by atoms with van der Waals surface area (Å²) in [6, 6.07) is 0. The minimum Gasteiger partial charge on any atom is -0.481 e. The Hall–Kier alpha value is -1.52. The molecule has 1 amide bonds. The van der Waals surface area contributed by atoms with E-state index >= 15 is 0 Å². The van der Waals surface area contributed by atoms with Crippen molar-refractivity contribution in [3.05, 3.63) is 12.7 Å². The van der Waals surface area contributed by atoms with Crippen LogP contribution >= 0.6 is 0 Å². The first kappa shape index (κ1) is 12.0. The van der Waals surface area contributed by atoms with Gasteiger partial charge in [-0.15, -0.1) is 0 Å². The summed E-state index contributed by atoms with van der Waals surface area (Å²) in [5.74, 6) is -0.783. The summed E-state index contributed by atoms with van der Waals surface area (Å²) in [4.78, 5) is 22.4. The molecule has 5 nitrogen and oxygen atoms in total. The number of hydrogen-bond acceptors (Lipinski definition) is 3. The number of nitrogens with one attached hydrogen (secondary N) is 1. The number of rotatable bonds is 4. The number of amides is 1. The Morgan fingerprint density at radius 3 is 2.88 bits per heavy atom. The molecule has 0 aromatic heterocycles. The molecule has 0 radical (unpaired) electrons. The molecule has 2 N–H and O–H groups in total. The van der Waals surface area contributed by atoms with Gasteiger partial charge in [-0.25, -0.2) is 4.79 Å². The largest absolute Gasteiger partial charge is 0.481 e. The molecular formula is C12H17NO4. The van der Waals surface area contributed by atoms with Crippen LogP contribution in [0.15, 0.2) is 12.7 Å². The average Bonchev–Trinajstić information content (AvgIpc) is 2.91. The van der Waals surface area contributed by atoms with Gasteiger partial charge in [-0.05, 0) is 31.6 Å². The first-order valence-electron chi connectivity index (χ1n) is 5.78. The highest BCUT2D eigenvalue weighted by Gasteiger charge is 2.67. The quantitative estimate of drug-likeness (QED) is 0.727. The zero-order valence-corrected chi connectivity index (χ0v) is 9.81. The number of fused-ring (bicyclic) bond motifs is 1. The van der Waals surface area contributed by atoms with Crippen LogP contribution in [-0.2, 0) is 9.53 Å². The van der Waals surface area contributed by atoms with Crippen molar-refractivity contribution in [3.8, 4) is 0 Å². The van der Waals surface area contributed by atoms with E-state index in [9.17, 15) is 9.59 Å². The van der Waals surface area contributed by atoms with E-state index in [1.165, 1.54) is 6.08 Å². The van der Waals surface area contributed by atoms with Gasteiger partial charge in [0.25, 0.3) is 0 Å². The van der Waals surface area contributed by atoms with Gasteiger partial charge in [0.15, 0.2) is 0 Å². The van der Waals surface area contributed by atoms with E-state index in [4.69, 9.17) is 9.84 Å². The molecule has 2 rings (SSSR count). The number of carbonyl (C=O) groups is 2. The summed E-state index contributed by atoms with van der Waals surface area (Å²) in [7, 11) is 0. The van der Waals surface area contributed by atoms with E-state index in [2.05, 4.69) is 11.9 Å². The zero-order chi connectivity index (χ0) is 12.6. The van der Waals surface area contributed by atoms with Crippen LogP contribution in [-0.4, -0.2) is 29.3 Å². The highest BCUT2D eigenvalue weighted by Crippen LogP contribution is 2.62. The van der Waals surface area contributed by atoms with Crippen LogP contribution in [0.4, 0.5) is 4.79 Å². The van der Waals surface area contributed by atoms with Gasteiger partial charge >= 0.3 is 12.1 Å². The number of carboxylic acid groups (broad SMARTS) is 1. The molecule has 0 aromatic carbocycles. The van der Waals surface area contributed by atoms with Crippen molar-refractivity contribution in [3.63, 3.8) is 0 Å². The lowest BCUT2D eigenvalue weighted by molar-refractivity contribution is -0.139. The smallest absolute Gasteiger partial charge is 0.407 e. The predicted octanol–water partition coefficient (Wildman–Crippen LogP) is 1.40. The minimum atomic E-state index is -0.757. The average molecular weight is 239 g/mol. The summed E-state index contributed by atoms with van der Waals surface area (Å²) < 4.78 is 4.87. The lowest BCUT2D eigenvalue weighted by Crippen LogP contribution is -2.47. The first-order chi connectivity index (χ1) is 7.99. The van der Waals surface area contributed by atoms with Crippen LogP contribution in [0.25, 0.3) is 0 Å². The third-order valence-electron chi connectivity index (χ3n) is 3.91. The summed E-state index contributed by atoms with van der Waals surface area (Å²) in [6.45, 7) is 5.52. The number of carbonyl (C=O) groups excluding carboxylic acids is 1. The molecular weight excluding hydrogens is 222 g/mol. The molecule has 0 heterocycles. The van der Waals surface area contributed by atoms with E-state index in [1.54, 1.807) is 0 Å². The lowest BCUT2D eigenvalue weighted by atomic mass is 9.93. The van der Waals surface area contributed by atoms with Gasteiger partial charge < -0.3 is 15.2 Å². The lowest BCUT2D eigenvalue weighted by Gasteiger charge is -2.28. The van der Waals surface area contributed by atoms with Crippen LogP contribution in [0.1, 0.15) is 19.8 Å². The Morgan fingerprint density at radius 1 is 1.65 bits per heavy atom. The molecule has 5 heteroatoms. The number of aliphatic carboxylic acids is 1. The van der Waals surface area contributed by atoms with Crippen LogP contribution in [0.3, 0.4) is 0 Å². The Labute approximate surface area is 99.8 Å². The highest BCUT2D eigenvalue weighted by molar-refractivity contribution is 5.76. The number of carboxylic acids is 1. The molecule has 4 atom stereocenters. The maximum atomic E-state index is 11.5. The normalized spacial score (nSPS) is 38.1. The maximum Gasteiger partial charge on any atom is 0.407 e. The molecule has 0 aliphatic heterocycles. The number of alkyl carbamates (subject to hydrolysis) is 1. The summed E-state index contributed by atoms with van der Waals surface area (Å²) >= 11 is 0. The monoisotopic (exact) mass is 239 g/mol. The Bertz CT molecular complexity index is 368. The predicted molar refractivity (Wildman–Crippen MR) is 60.4 cm³/mol. The van der Waals surface area contributed by atoms with Crippen molar-refractivity contribution >= 4 is 12.1 Å². The SMILES string of the molecule is C=CCOC(=O)NC1(C)CCC2C(C(=O)O)C21. The number of ether oxygens (including phenoxy) is 1. The van der Waals surface area contributed by atoms with Gasteiger partial charge in [0, 0.05) is 5.54 Å². The van der Waals surface area contributed by atoms with Gasteiger partial charge in [0.2, 0.25) is 0 Å². The second-order valence-corrected chi connectivity index (χ2v) is 5.02. The Balaban J connectivity index is 1.94. The molecule has 2 aliphatic carbocycles. The molecule has 0 aromatic rings. The highest BCUT2D eigenvalue weighted by atomic mass is 16.5. The van der Waals surface area contributed by atoms with E-state index in [-0.39, 0.29) is 24.4 Å². The summed E-state index contributed by atoms with van der Waals surface area (Å²) in [6.07, 6.45) is 2.68. The first-order valence-corrected chi connectivity index (χ1v) is 5.78. The van der Waals surface area contributed by atoms with E-state index in [0.717, 1.165) is 12.8 Å². The summed E-state index contributed by atoms with van der Waals surface area (Å²) in [5, 5.41) is 11.8. The Kier molecular flexibility index (Phi) is 2.85. The molecule has 2 aliphatic rings. The van der Waals surface area contributed by atoms with Gasteiger partial charge in [-0.2, -0.15) is 0 Å². The fraction of sp³-hybridized carbons (Fsp3) is 0.667. The fourth-order valence-corrected chi connectivity index (χ4v) is 3.12. The summed E-state index contributed by atoms with van der Waals surface area (Å²) in [5.41, 5.74) is -0.439. The van der Waals surface area contributed by atoms with Gasteiger partial charge in [-0.3, -0.25) is 4.79 Å². The molecule has 0 bridgehead atoms. The standard InChI is InChI=1S/C12H17NO4/c1-3-6-17-11(16)13-12(2)5-4-7-8(9(7)12)10(14)15/h3,7-9H,1,4-6H2,2H3,(H,13,16)(H,14,15). The van der Waals surface area contributed by atoms with Crippen molar-refractivity contribution in [1.29, 1.82) is 0 Å². The van der Waals surface area contributed by atoms with Crippen LogP contribution in [0.2, 0.25) is 0 Å². The Morgan fingerprint density at radius 2 is 2.35 bits per heavy atom. The molecule has 94 valence electrons. The second-order valence-electron chi connectivity index (χ2n) is 5.02. The fourth-order valence-electron chi connectivity index (χ4n) is 3.12. The molecule has 4 unspecified atom stereocenters. The van der Waals surface area contributed by atoms with Gasteiger partial charge in [0.05, 0.1) is 5.92 Å². The van der Waals surface area contributed by atoms with Crippen LogP contribution in [0, 0.1) is 17.8 Å². The van der Waals surface area contributed by atoms with Crippen molar-refractivity contribution in [2.45, 2.75) is 25.3 Å². The molecule has 0 spiro atoms. The van der Waals surface area contributed by atoms with E-state index < -0.39 is 17.6 Å².